The Morgan fingerprint density at radius 3 is 1.96 bits per heavy atom. The minimum atomic E-state index is -1.51. The summed E-state index contributed by atoms with van der Waals surface area (Å²) in [5.74, 6) is -4.89. The summed E-state index contributed by atoms with van der Waals surface area (Å²) in [4.78, 5) is 46.1. The van der Waals surface area contributed by atoms with E-state index in [0.717, 1.165) is 0 Å². The molecule has 0 aliphatic heterocycles. The quantitative estimate of drug-likeness (QED) is 0.270. The van der Waals surface area contributed by atoms with E-state index in [1.165, 1.54) is 6.92 Å². The van der Waals surface area contributed by atoms with Gasteiger partial charge in [-0.15, -0.1) is 0 Å². The first-order valence-electron chi connectivity index (χ1n) is 7.50. The Kier molecular flexibility index (Phi) is 8.93. The minimum Gasteiger partial charge on any atom is -0.481 e. The zero-order valence-electron chi connectivity index (χ0n) is 13.9. The molecule has 0 spiro atoms. The fourth-order valence-electron chi connectivity index (χ4n) is 1.81. The van der Waals surface area contributed by atoms with Crippen molar-refractivity contribution < 1.29 is 34.5 Å². The third kappa shape index (κ3) is 6.92. The second-order valence-electron chi connectivity index (χ2n) is 5.64. The fraction of sp³-hybridized carbons (Fsp3) is 0.714. The van der Waals surface area contributed by atoms with Crippen molar-refractivity contribution in [3.8, 4) is 0 Å². The predicted octanol–water partition coefficient (Wildman–Crippen LogP) is -1.73. The molecule has 0 saturated carbocycles. The van der Waals surface area contributed by atoms with Crippen LogP contribution in [0.4, 0.5) is 0 Å². The highest BCUT2D eigenvalue weighted by molar-refractivity contribution is 5.94. The highest BCUT2D eigenvalue weighted by Gasteiger charge is 2.32. The van der Waals surface area contributed by atoms with Gasteiger partial charge in [0.05, 0.1) is 12.5 Å². The Balaban J connectivity index is 5.15. The number of rotatable bonds is 10. The molecule has 2 amide bonds. The number of aliphatic carboxylic acids is 2. The normalized spacial score (nSPS) is 17.0. The summed E-state index contributed by atoms with van der Waals surface area (Å²) in [5, 5.41) is 31.6. The standard InChI is InChI=1S/C14H25N3O7/c1-4-6(2)11(14(23)24)17-12(21)8(5-9(19)20)16-13(22)10(15)7(3)18/h6-8,10-11,18H,4-5,15H2,1-3H3,(H,16,22)(H,17,21)(H,19,20)(H,23,24). The molecule has 0 fully saturated rings. The minimum absolute atomic E-state index is 0.396. The van der Waals surface area contributed by atoms with Crippen LogP contribution in [0.15, 0.2) is 0 Å². The van der Waals surface area contributed by atoms with E-state index in [1.807, 2.05) is 0 Å². The number of carboxylic acids is 2. The molecule has 5 unspecified atom stereocenters. The lowest BCUT2D eigenvalue weighted by atomic mass is 9.98. The number of aliphatic hydroxyl groups is 1. The van der Waals surface area contributed by atoms with Crippen LogP contribution in [0.25, 0.3) is 0 Å². The molecule has 0 heterocycles. The molecule has 7 N–H and O–H groups in total. The van der Waals surface area contributed by atoms with Crippen LogP contribution >= 0.6 is 0 Å². The maximum absolute atomic E-state index is 12.2. The van der Waals surface area contributed by atoms with Gasteiger partial charge in [0.15, 0.2) is 0 Å². The molecule has 0 aliphatic carbocycles. The van der Waals surface area contributed by atoms with Gasteiger partial charge in [0.2, 0.25) is 11.8 Å². The predicted molar refractivity (Wildman–Crippen MR) is 82.9 cm³/mol. The molecule has 10 nitrogen and oxygen atoms in total. The van der Waals surface area contributed by atoms with Crippen LogP contribution in [0.2, 0.25) is 0 Å². The number of hydrogen-bond donors (Lipinski definition) is 6. The van der Waals surface area contributed by atoms with Gasteiger partial charge in [-0.3, -0.25) is 14.4 Å². The van der Waals surface area contributed by atoms with Gasteiger partial charge in [0, 0.05) is 0 Å². The lowest BCUT2D eigenvalue weighted by molar-refractivity contribution is -0.144. The van der Waals surface area contributed by atoms with Crippen molar-refractivity contribution in [3.05, 3.63) is 0 Å². The van der Waals surface area contributed by atoms with Crippen molar-refractivity contribution in [1.29, 1.82) is 0 Å². The van der Waals surface area contributed by atoms with E-state index in [-0.39, 0.29) is 0 Å². The Hall–Kier alpha value is -2.20. The second kappa shape index (κ2) is 9.83. The van der Waals surface area contributed by atoms with E-state index in [4.69, 9.17) is 15.9 Å². The molecule has 138 valence electrons. The molecular weight excluding hydrogens is 322 g/mol. The lowest BCUT2D eigenvalue weighted by Gasteiger charge is -2.24. The molecule has 24 heavy (non-hydrogen) atoms. The topological polar surface area (TPSA) is 179 Å². The van der Waals surface area contributed by atoms with Crippen LogP contribution in [0.3, 0.4) is 0 Å². The van der Waals surface area contributed by atoms with E-state index >= 15 is 0 Å². The highest BCUT2D eigenvalue weighted by atomic mass is 16.4. The van der Waals surface area contributed by atoms with E-state index in [9.17, 15) is 24.3 Å². The first-order valence-corrected chi connectivity index (χ1v) is 7.50. The molecule has 0 aromatic rings. The largest absolute Gasteiger partial charge is 0.481 e. The molecule has 10 heteroatoms. The number of nitrogens with two attached hydrogens (primary N) is 1. The van der Waals surface area contributed by atoms with Gasteiger partial charge >= 0.3 is 11.9 Å². The summed E-state index contributed by atoms with van der Waals surface area (Å²) in [6.45, 7) is 4.62. The van der Waals surface area contributed by atoms with Crippen molar-refractivity contribution in [2.24, 2.45) is 11.7 Å². The number of carbonyl (C=O) groups excluding carboxylic acids is 2. The second-order valence-corrected chi connectivity index (χ2v) is 5.64. The van der Waals surface area contributed by atoms with Crippen LogP contribution in [0, 0.1) is 5.92 Å². The molecule has 0 rings (SSSR count). The molecular formula is C14H25N3O7. The summed E-state index contributed by atoms with van der Waals surface area (Å²) in [6, 6.07) is -4.08. The summed E-state index contributed by atoms with van der Waals surface area (Å²) in [7, 11) is 0. The van der Waals surface area contributed by atoms with Gasteiger partial charge in [0.25, 0.3) is 0 Å². The van der Waals surface area contributed by atoms with E-state index in [2.05, 4.69) is 10.6 Å². The molecule has 0 radical (unpaired) electrons. The number of nitrogens with one attached hydrogen (secondary N) is 2. The van der Waals surface area contributed by atoms with E-state index in [0.29, 0.717) is 6.42 Å². The van der Waals surface area contributed by atoms with Gasteiger partial charge in [-0.25, -0.2) is 4.79 Å². The first-order chi connectivity index (χ1) is 11.0. The van der Waals surface area contributed by atoms with Gasteiger partial charge in [-0.1, -0.05) is 20.3 Å². The average Bonchev–Trinajstić information content (AvgIpc) is 2.48. The maximum atomic E-state index is 12.2. The Morgan fingerprint density at radius 1 is 1.04 bits per heavy atom. The molecule has 0 saturated heterocycles. The fourth-order valence-corrected chi connectivity index (χ4v) is 1.81. The molecule has 0 aromatic carbocycles. The smallest absolute Gasteiger partial charge is 0.326 e. The molecule has 0 bridgehead atoms. The van der Waals surface area contributed by atoms with E-state index in [1.54, 1.807) is 13.8 Å². The monoisotopic (exact) mass is 347 g/mol. The SMILES string of the molecule is CCC(C)C(NC(=O)C(CC(=O)O)NC(=O)C(N)C(C)O)C(=O)O. The Labute approximate surface area is 139 Å². The van der Waals surface area contributed by atoms with Crippen molar-refractivity contribution in [3.63, 3.8) is 0 Å². The van der Waals surface area contributed by atoms with Gasteiger partial charge < -0.3 is 31.7 Å². The summed E-state index contributed by atoms with van der Waals surface area (Å²) in [6.07, 6.45) is -1.48. The first kappa shape index (κ1) is 21.8. The summed E-state index contributed by atoms with van der Waals surface area (Å²) < 4.78 is 0. The number of hydrogen-bond acceptors (Lipinski definition) is 6. The molecule has 0 aliphatic rings. The third-order valence-electron chi connectivity index (χ3n) is 3.61. The van der Waals surface area contributed by atoms with Crippen molar-refractivity contribution in [2.45, 2.75) is 57.8 Å². The maximum Gasteiger partial charge on any atom is 0.326 e. The van der Waals surface area contributed by atoms with Crippen LogP contribution < -0.4 is 16.4 Å². The van der Waals surface area contributed by atoms with Crippen LogP contribution in [-0.4, -0.2) is 63.3 Å². The van der Waals surface area contributed by atoms with Gasteiger partial charge in [-0.05, 0) is 12.8 Å². The van der Waals surface area contributed by atoms with Crippen LogP contribution in [0.5, 0.6) is 0 Å². The Morgan fingerprint density at radius 2 is 1.58 bits per heavy atom. The summed E-state index contributed by atoms with van der Waals surface area (Å²) >= 11 is 0. The average molecular weight is 347 g/mol. The Bertz CT molecular complexity index is 481. The van der Waals surface area contributed by atoms with E-state index < -0.39 is 60.3 Å². The number of carbonyl (C=O) groups is 4. The zero-order chi connectivity index (χ0) is 19.0. The van der Waals surface area contributed by atoms with Crippen molar-refractivity contribution >= 4 is 23.8 Å². The number of carboxylic acid groups (broad SMARTS) is 2. The summed E-state index contributed by atoms with van der Waals surface area (Å²) in [5.41, 5.74) is 5.42. The lowest BCUT2D eigenvalue weighted by Crippen LogP contribution is -2.57. The van der Waals surface area contributed by atoms with Crippen molar-refractivity contribution in [1.82, 2.24) is 10.6 Å². The van der Waals surface area contributed by atoms with Crippen LogP contribution in [0.1, 0.15) is 33.6 Å². The third-order valence-corrected chi connectivity index (χ3v) is 3.61. The number of aliphatic hydroxyl groups excluding tert-OH is 1. The molecule has 5 atom stereocenters. The highest BCUT2D eigenvalue weighted by Crippen LogP contribution is 2.09. The van der Waals surface area contributed by atoms with Gasteiger partial charge in [-0.2, -0.15) is 0 Å². The zero-order valence-corrected chi connectivity index (χ0v) is 13.9. The van der Waals surface area contributed by atoms with Crippen molar-refractivity contribution in [2.75, 3.05) is 0 Å². The number of amides is 2. The van der Waals surface area contributed by atoms with Crippen LogP contribution in [-0.2, 0) is 19.2 Å². The van der Waals surface area contributed by atoms with Gasteiger partial charge in [0.1, 0.15) is 18.1 Å². The molecule has 0 aromatic heterocycles.